The fourth-order valence-corrected chi connectivity index (χ4v) is 2.81. The monoisotopic (exact) mass is 310 g/mol. The van der Waals surface area contributed by atoms with Crippen molar-refractivity contribution in [3.63, 3.8) is 0 Å². The summed E-state index contributed by atoms with van der Waals surface area (Å²) in [4.78, 5) is 14.3. The summed E-state index contributed by atoms with van der Waals surface area (Å²) in [5.74, 6) is 0.534. The van der Waals surface area contributed by atoms with Gasteiger partial charge in [0.25, 0.3) is 0 Å². The highest BCUT2D eigenvalue weighted by Crippen LogP contribution is 2.16. The van der Waals surface area contributed by atoms with Gasteiger partial charge in [0, 0.05) is 12.2 Å². The second kappa shape index (κ2) is 7.79. The first-order valence-electron chi connectivity index (χ1n) is 8.15. The number of likely N-dealkylation sites (tertiary alicyclic amines) is 1. The minimum Gasteiger partial charge on any atom is -0.410 e. The van der Waals surface area contributed by atoms with Crippen LogP contribution in [0.3, 0.4) is 0 Å². The van der Waals surface area contributed by atoms with Gasteiger partial charge in [-0.05, 0) is 55.8 Å². The van der Waals surface area contributed by atoms with Gasteiger partial charge in [0.1, 0.15) is 5.75 Å². The van der Waals surface area contributed by atoms with E-state index < -0.39 is 6.09 Å². The SMILES string of the molecule is O=C(Nc1ccc(CN2CCCCC2)cc1)Oc1ccccc1. The van der Waals surface area contributed by atoms with Crippen molar-refractivity contribution in [3.05, 3.63) is 60.2 Å². The van der Waals surface area contributed by atoms with E-state index in [1.807, 2.05) is 30.3 Å². The molecule has 1 fully saturated rings. The minimum absolute atomic E-state index is 0.472. The summed E-state index contributed by atoms with van der Waals surface area (Å²) in [5, 5.41) is 2.75. The first kappa shape index (κ1) is 15.6. The smallest absolute Gasteiger partial charge is 0.410 e. The minimum atomic E-state index is -0.472. The van der Waals surface area contributed by atoms with Gasteiger partial charge >= 0.3 is 6.09 Å². The Labute approximate surface area is 137 Å². The lowest BCUT2D eigenvalue weighted by molar-refractivity contribution is 0.215. The first-order chi connectivity index (χ1) is 11.3. The lowest BCUT2D eigenvalue weighted by Gasteiger charge is -2.26. The maximum absolute atomic E-state index is 11.8. The molecule has 2 aromatic carbocycles. The zero-order valence-electron chi connectivity index (χ0n) is 13.2. The topological polar surface area (TPSA) is 41.6 Å². The molecular formula is C19H22N2O2. The fourth-order valence-electron chi connectivity index (χ4n) is 2.81. The zero-order valence-corrected chi connectivity index (χ0v) is 13.2. The number of nitrogens with zero attached hydrogens (tertiary/aromatic N) is 1. The number of carbonyl (C=O) groups is 1. The Hall–Kier alpha value is -2.33. The second-order valence-corrected chi connectivity index (χ2v) is 5.86. The third-order valence-electron chi connectivity index (χ3n) is 4.01. The highest BCUT2D eigenvalue weighted by molar-refractivity contribution is 5.86. The maximum atomic E-state index is 11.8. The molecule has 1 amide bonds. The molecule has 0 aromatic heterocycles. The van der Waals surface area contributed by atoms with Crippen LogP contribution in [0.1, 0.15) is 24.8 Å². The predicted octanol–water partition coefficient (Wildman–Crippen LogP) is 4.28. The van der Waals surface area contributed by atoms with Crippen LogP contribution in [0, 0.1) is 0 Å². The van der Waals surface area contributed by atoms with Crippen molar-refractivity contribution in [3.8, 4) is 5.75 Å². The van der Waals surface area contributed by atoms with Gasteiger partial charge in [-0.1, -0.05) is 36.8 Å². The van der Waals surface area contributed by atoms with Crippen LogP contribution in [0.4, 0.5) is 10.5 Å². The molecule has 0 spiro atoms. The van der Waals surface area contributed by atoms with Gasteiger partial charge in [0.2, 0.25) is 0 Å². The van der Waals surface area contributed by atoms with Gasteiger partial charge < -0.3 is 4.74 Å². The molecule has 0 atom stereocenters. The van der Waals surface area contributed by atoms with E-state index >= 15 is 0 Å². The molecule has 0 aliphatic carbocycles. The van der Waals surface area contributed by atoms with Crippen LogP contribution < -0.4 is 10.1 Å². The van der Waals surface area contributed by atoms with Crippen LogP contribution in [0.15, 0.2) is 54.6 Å². The Kier molecular flexibility index (Phi) is 5.27. The summed E-state index contributed by atoms with van der Waals surface area (Å²) >= 11 is 0. The van der Waals surface area contributed by atoms with Crippen LogP contribution >= 0.6 is 0 Å². The van der Waals surface area contributed by atoms with Gasteiger partial charge in [-0.3, -0.25) is 10.2 Å². The Morgan fingerprint density at radius 1 is 0.957 bits per heavy atom. The van der Waals surface area contributed by atoms with E-state index in [0.29, 0.717) is 5.75 Å². The van der Waals surface area contributed by atoms with E-state index in [4.69, 9.17) is 4.74 Å². The molecule has 23 heavy (non-hydrogen) atoms. The summed E-state index contributed by atoms with van der Waals surface area (Å²) in [7, 11) is 0. The van der Waals surface area contributed by atoms with Gasteiger partial charge in [-0.2, -0.15) is 0 Å². The molecule has 0 radical (unpaired) electrons. The summed E-state index contributed by atoms with van der Waals surface area (Å²) in [6.45, 7) is 3.35. The highest BCUT2D eigenvalue weighted by atomic mass is 16.6. The molecule has 4 nitrogen and oxygen atoms in total. The fraction of sp³-hybridized carbons (Fsp3) is 0.316. The normalized spacial score (nSPS) is 15.1. The molecule has 1 heterocycles. The largest absolute Gasteiger partial charge is 0.417 e. The summed E-state index contributed by atoms with van der Waals surface area (Å²) in [6.07, 6.45) is 3.47. The van der Waals surface area contributed by atoms with Gasteiger partial charge in [0.15, 0.2) is 0 Å². The molecule has 2 aromatic rings. The Bertz CT molecular complexity index is 620. The number of benzene rings is 2. The summed E-state index contributed by atoms with van der Waals surface area (Å²) < 4.78 is 5.21. The zero-order chi connectivity index (χ0) is 15.9. The molecule has 0 saturated carbocycles. The third kappa shape index (κ3) is 4.83. The summed E-state index contributed by atoms with van der Waals surface area (Å²) in [5.41, 5.74) is 2.02. The Balaban J connectivity index is 1.51. The molecule has 1 N–H and O–H groups in total. The average Bonchev–Trinajstić information content (AvgIpc) is 2.58. The van der Waals surface area contributed by atoms with E-state index in [0.717, 1.165) is 12.2 Å². The van der Waals surface area contributed by atoms with Crippen molar-refractivity contribution in [1.29, 1.82) is 0 Å². The molecule has 1 aliphatic rings. The van der Waals surface area contributed by atoms with Crippen molar-refractivity contribution in [1.82, 2.24) is 4.90 Å². The van der Waals surface area contributed by atoms with Crippen molar-refractivity contribution in [2.24, 2.45) is 0 Å². The number of rotatable bonds is 4. The molecule has 4 heteroatoms. The lowest BCUT2D eigenvalue weighted by atomic mass is 10.1. The van der Waals surface area contributed by atoms with Gasteiger partial charge in [-0.15, -0.1) is 0 Å². The number of amides is 1. The van der Waals surface area contributed by atoms with Crippen LogP contribution in [0.25, 0.3) is 0 Å². The number of carbonyl (C=O) groups excluding carboxylic acids is 1. The van der Waals surface area contributed by atoms with Crippen LogP contribution in [0.2, 0.25) is 0 Å². The molecule has 1 aliphatic heterocycles. The number of para-hydroxylation sites is 1. The number of hydrogen-bond acceptors (Lipinski definition) is 3. The number of nitrogens with one attached hydrogen (secondary N) is 1. The quantitative estimate of drug-likeness (QED) is 0.916. The number of ether oxygens (including phenoxy) is 1. The van der Waals surface area contributed by atoms with E-state index in [1.165, 1.54) is 37.9 Å². The standard InChI is InChI=1S/C19H22N2O2/c22-19(23-18-7-3-1-4-8-18)20-17-11-9-16(10-12-17)15-21-13-5-2-6-14-21/h1,3-4,7-12H,2,5-6,13-15H2,(H,20,22). The average molecular weight is 310 g/mol. The van der Waals surface area contributed by atoms with Crippen LogP contribution in [0.5, 0.6) is 5.75 Å². The van der Waals surface area contributed by atoms with Crippen LogP contribution in [-0.2, 0) is 6.54 Å². The van der Waals surface area contributed by atoms with E-state index in [2.05, 4.69) is 22.3 Å². The van der Waals surface area contributed by atoms with Crippen molar-refractivity contribution >= 4 is 11.8 Å². The first-order valence-corrected chi connectivity index (χ1v) is 8.15. The highest BCUT2D eigenvalue weighted by Gasteiger charge is 2.10. The molecule has 0 bridgehead atoms. The van der Waals surface area contributed by atoms with Gasteiger partial charge in [-0.25, -0.2) is 4.79 Å². The lowest BCUT2D eigenvalue weighted by Crippen LogP contribution is -2.29. The van der Waals surface area contributed by atoms with E-state index in [9.17, 15) is 4.79 Å². The van der Waals surface area contributed by atoms with Crippen LogP contribution in [-0.4, -0.2) is 24.1 Å². The molecular weight excluding hydrogens is 288 g/mol. The van der Waals surface area contributed by atoms with Crippen molar-refractivity contribution in [2.75, 3.05) is 18.4 Å². The molecule has 1 saturated heterocycles. The number of piperidine rings is 1. The van der Waals surface area contributed by atoms with Crippen molar-refractivity contribution in [2.45, 2.75) is 25.8 Å². The van der Waals surface area contributed by atoms with Gasteiger partial charge in [0.05, 0.1) is 0 Å². The summed E-state index contributed by atoms with van der Waals surface area (Å²) in [6, 6.07) is 17.0. The van der Waals surface area contributed by atoms with E-state index in [-0.39, 0.29) is 0 Å². The number of hydrogen-bond donors (Lipinski definition) is 1. The third-order valence-corrected chi connectivity index (χ3v) is 4.01. The molecule has 3 rings (SSSR count). The second-order valence-electron chi connectivity index (χ2n) is 5.86. The maximum Gasteiger partial charge on any atom is 0.417 e. The Morgan fingerprint density at radius 2 is 1.65 bits per heavy atom. The van der Waals surface area contributed by atoms with Crippen molar-refractivity contribution < 1.29 is 9.53 Å². The van der Waals surface area contributed by atoms with E-state index in [1.54, 1.807) is 12.1 Å². The predicted molar refractivity (Wildman–Crippen MR) is 91.7 cm³/mol. The number of anilines is 1. The molecule has 120 valence electrons. The Morgan fingerprint density at radius 3 is 2.35 bits per heavy atom. The molecule has 0 unspecified atom stereocenters.